The van der Waals surface area contributed by atoms with E-state index < -0.39 is 21.2 Å². The van der Waals surface area contributed by atoms with Gasteiger partial charge in [-0.05, 0) is 19.9 Å². The maximum atomic E-state index is 11.4. The molecule has 1 unspecified atom stereocenters. The summed E-state index contributed by atoms with van der Waals surface area (Å²) in [5.41, 5.74) is 5.19. The van der Waals surface area contributed by atoms with Crippen LogP contribution in [0, 0.1) is 0 Å². The first-order chi connectivity index (χ1) is 6.45. The smallest absolute Gasteiger partial charge is 0.325 e. The molecule has 84 valence electrons. The summed E-state index contributed by atoms with van der Waals surface area (Å²) < 4.78 is 29.3. The van der Waals surface area contributed by atoms with Crippen molar-refractivity contribution < 1.29 is 17.9 Å². The lowest BCUT2D eigenvalue weighted by Crippen LogP contribution is -2.38. The van der Waals surface area contributed by atoms with Crippen LogP contribution < -0.4 is 10.5 Å². The summed E-state index contributed by atoms with van der Waals surface area (Å²) in [7, 11) is -2.48. The molecule has 0 radical (unpaired) electrons. The number of esters is 1. The lowest BCUT2D eigenvalue weighted by Gasteiger charge is -2.11. The zero-order valence-electron chi connectivity index (χ0n) is 8.32. The maximum Gasteiger partial charge on any atom is 0.325 e. The molecule has 6 nitrogen and oxygen atoms in total. The molecule has 0 saturated heterocycles. The normalized spacial score (nSPS) is 13.6. The number of nitrogens with one attached hydrogen (secondary N) is 1. The summed E-state index contributed by atoms with van der Waals surface area (Å²) >= 11 is 0. The predicted octanol–water partition coefficient (Wildman–Crippen LogP) is -1.18. The minimum atomic E-state index is -3.62. The van der Waals surface area contributed by atoms with Crippen molar-refractivity contribution in [3.8, 4) is 0 Å². The van der Waals surface area contributed by atoms with Crippen LogP contribution in [0.25, 0.3) is 0 Å². The number of carbonyl (C=O) groups excluding carboxylic acids is 1. The van der Waals surface area contributed by atoms with Gasteiger partial charge >= 0.3 is 5.97 Å². The third-order valence-electron chi connectivity index (χ3n) is 1.68. The van der Waals surface area contributed by atoms with Gasteiger partial charge in [-0.1, -0.05) is 0 Å². The summed E-state index contributed by atoms with van der Waals surface area (Å²) in [6.45, 7) is 1.91. The number of carbonyl (C=O) groups is 1. The number of rotatable bonds is 6. The van der Waals surface area contributed by atoms with E-state index >= 15 is 0 Å². The van der Waals surface area contributed by atoms with Crippen LogP contribution in [0.2, 0.25) is 0 Å². The molecule has 0 aromatic rings. The van der Waals surface area contributed by atoms with E-state index in [2.05, 4.69) is 9.46 Å². The van der Waals surface area contributed by atoms with Crippen LogP contribution in [0.5, 0.6) is 0 Å². The predicted molar refractivity (Wildman–Crippen MR) is 52.1 cm³/mol. The van der Waals surface area contributed by atoms with Gasteiger partial charge in [-0.3, -0.25) is 4.79 Å². The van der Waals surface area contributed by atoms with Crippen LogP contribution in [-0.2, 0) is 19.6 Å². The van der Waals surface area contributed by atoms with Crippen molar-refractivity contribution in [2.75, 3.05) is 20.2 Å². The molecule has 7 heteroatoms. The summed E-state index contributed by atoms with van der Waals surface area (Å²) in [5, 5.41) is -1.19. The Morgan fingerprint density at radius 1 is 1.57 bits per heavy atom. The second-order valence-corrected chi connectivity index (χ2v) is 4.83. The average molecular weight is 224 g/mol. The molecule has 0 amide bonds. The van der Waals surface area contributed by atoms with Crippen LogP contribution in [0.15, 0.2) is 0 Å². The number of methoxy groups -OCH3 is 1. The van der Waals surface area contributed by atoms with Crippen LogP contribution in [0.4, 0.5) is 0 Å². The van der Waals surface area contributed by atoms with E-state index in [4.69, 9.17) is 5.73 Å². The lowest BCUT2D eigenvalue weighted by molar-refractivity contribution is -0.139. The molecular formula is C7H16N2O4S. The van der Waals surface area contributed by atoms with Crippen molar-refractivity contribution in [1.29, 1.82) is 0 Å². The van der Waals surface area contributed by atoms with Gasteiger partial charge in [-0.15, -0.1) is 0 Å². The van der Waals surface area contributed by atoms with Crippen molar-refractivity contribution in [2.24, 2.45) is 5.73 Å². The Bertz CT molecular complexity index is 275. The first kappa shape index (κ1) is 13.3. The van der Waals surface area contributed by atoms with Gasteiger partial charge < -0.3 is 10.5 Å². The summed E-state index contributed by atoms with van der Waals surface area (Å²) in [6, 6.07) is 0. The Kier molecular flexibility index (Phi) is 5.66. The number of ether oxygens (including phenoxy) is 1. The molecule has 14 heavy (non-hydrogen) atoms. The van der Waals surface area contributed by atoms with E-state index in [-0.39, 0.29) is 6.54 Å². The van der Waals surface area contributed by atoms with E-state index in [0.29, 0.717) is 13.0 Å². The van der Waals surface area contributed by atoms with Crippen molar-refractivity contribution in [3.05, 3.63) is 0 Å². The molecule has 0 aliphatic carbocycles. The highest BCUT2D eigenvalue weighted by molar-refractivity contribution is 7.90. The van der Waals surface area contributed by atoms with Gasteiger partial charge in [-0.25, -0.2) is 13.1 Å². The highest BCUT2D eigenvalue weighted by atomic mass is 32.2. The Morgan fingerprint density at radius 2 is 2.14 bits per heavy atom. The molecule has 1 atom stereocenters. The molecule has 0 aliphatic heterocycles. The van der Waals surface area contributed by atoms with E-state index in [1.54, 1.807) is 0 Å². The summed E-state index contributed by atoms with van der Waals surface area (Å²) in [5.74, 6) is -0.773. The first-order valence-corrected chi connectivity index (χ1v) is 5.76. The van der Waals surface area contributed by atoms with Gasteiger partial charge in [0.15, 0.2) is 5.25 Å². The number of sulfonamides is 1. The zero-order chi connectivity index (χ0) is 11.2. The number of hydrogen-bond donors (Lipinski definition) is 2. The molecule has 0 spiro atoms. The molecule has 0 heterocycles. The highest BCUT2D eigenvalue weighted by Gasteiger charge is 2.27. The minimum Gasteiger partial charge on any atom is -0.468 e. The van der Waals surface area contributed by atoms with Gasteiger partial charge in [0, 0.05) is 6.54 Å². The summed E-state index contributed by atoms with van der Waals surface area (Å²) in [4.78, 5) is 10.9. The monoisotopic (exact) mass is 224 g/mol. The van der Waals surface area contributed by atoms with Crippen LogP contribution in [0.1, 0.15) is 13.3 Å². The fourth-order valence-electron chi connectivity index (χ4n) is 0.734. The van der Waals surface area contributed by atoms with Gasteiger partial charge in [0.2, 0.25) is 10.0 Å². The lowest BCUT2D eigenvalue weighted by atomic mass is 10.4. The molecule has 0 bridgehead atoms. The zero-order valence-corrected chi connectivity index (χ0v) is 9.13. The standard InChI is InChI=1S/C7H16N2O4S/c1-6(7(10)13-2)14(11,12)9-5-3-4-8/h6,9H,3-5,8H2,1-2H3. The molecule has 3 N–H and O–H groups in total. The Balaban J connectivity index is 4.24. The summed E-state index contributed by atoms with van der Waals surface area (Å²) in [6.07, 6.45) is 0.535. The molecule has 0 rings (SSSR count). The minimum absolute atomic E-state index is 0.236. The molecule has 0 aliphatic rings. The van der Waals surface area contributed by atoms with Gasteiger partial charge in [0.1, 0.15) is 0 Å². The molecule has 0 aromatic carbocycles. The maximum absolute atomic E-state index is 11.4. The Labute approximate surface area is 83.9 Å². The quantitative estimate of drug-likeness (QED) is 0.437. The Morgan fingerprint density at radius 3 is 2.57 bits per heavy atom. The third kappa shape index (κ3) is 4.03. The van der Waals surface area contributed by atoms with Gasteiger partial charge in [0.05, 0.1) is 7.11 Å². The number of hydrogen-bond acceptors (Lipinski definition) is 5. The SMILES string of the molecule is COC(=O)C(C)S(=O)(=O)NCCCN. The second-order valence-electron chi connectivity index (χ2n) is 2.75. The fourth-order valence-corrected chi connectivity index (χ4v) is 1.76. The highest BCUT2D eigenvalue weighted by Crippen LogP contribution is 2.00. The largest absolute Gasteiger partial charge is 0.468 e. The van der Waals surface area contributed by atoms with Crippen molar-refractivity contribution in [1.82, 2.24) is 4.72 Å². The average Bonchev–Trinajstić information content (AvgIpc) is 2.15. The second kappa shape index (κ2) is 5.94. The topological polar surface area (TPSA) is 98.5 Å². The van der Waals surface area contributed by atoms with Gasteiger partial charge in [-0.2, -0.15) is 0 Å². The number of nitrogens with two attached hydrogens (primary N) is 1. The molecule has 0 aromatic heterocycles. The Hall–Kier alpha value is -0.660. The van der Waals surface area contributed by atoms with Crippen LogP contribution in [-0.4, -0.2) is 39.8 Å². The molecular weight excluding hydrogens is 208 g/mol. The van der Waals surface area contributed by atoms with Gasteiger partial charge in [0.25, 0.3) is 0 Å². The van der Waals surface area contributed by atoms with E-state index in [1.165, 1.54) is 6.92 Å². The molecule has 0 fully saturated rings. The van der Waals surface area contributed by atoms with Crippen LogP contribution >= 0.6 is 0 Å². The molecule has 0 saturated carbocycles. The van der Waals surface area contributed by atoms with E-state index in [1.807, 2.05) is 0 Å². The third-order valence-corrected chi connectivity index (χ3v) is 3.41. The van der Waals surface area contributed by atoms with Crippen LogP contribution in [0.3, 0.4) is 0 Å². The van der Waals surface area contributed by atoms with Crippen molar-refractivity contribution in [2.45, 2.75) is 18.6 Å². The fraction of sp³-hybridized carbons (Fsp3) is 0.857. The van der Waals surface area contributed by atoms with E-state index in [0.717, 1.165) is 7.11 Å². The first-order valence-electron chi connectivity index (χ1n) is 4.22. The van der Waals surface area contributed by atoms with Crippen molar-refractivity contribution >= 4 is 16.0 Å². The van der Waals surface area contributed by atoms with Crippen molar-refractivity contribution in [3.63, 3.8) is 0 Å². The van der Waals surface area contributed by atoms with E-state index in [9.17, 15) is 13.2 Å².